The fraction of sp³-hybridized carbons (Fsp3) is 0.946. The van der Waals surface area contributed by atoms with Crippen molar-refractivity contribution in [3.63, 3.8) is 0 Å². The summed E-state index contributed by atoms with van der Waals surface area (Å²) in [6.07, 6.45) is 7.57. The van der Waals surface area contributed by atoms with E-state index in [-0.39, 0.29) is 16.9 Å². The molecule has 15 atom stereocenters. The van der Waals surface area contributed by atoms with Crippen molar-refractivity contribution in [2.24, 2.45) is 56.7 Å². The van der Waals surface area contributed by atoms with Gasteiger partial charge in [-0.25, -0.2) is 0 Å². The molecule has 0 aromatic rings. The fourth-order valence-electron chi connectivity index (χ4n) is 13.4. The number of fused-ring (bicyclic) bond motifs is 7. The van der Waals surface area contributed by atoms with Gasteiger partial charge in [-0.1, -0.05) is 60.1 Å². The Balaban J connectivity index is 1.26. The maximum atomic E-state index is 10.7. The standard InChI is InChI=1S/C37H62O6/c1-9-37-17-12-22(21(2)3)28(37)23-10-11-26-34(6)15-14-27(43-32-31(41)30(40)29(39)24(20-38)42-32)33(4,5)25(34)13-16-36(26,8)35(23,7)18-19-37/h22-32,38-41H,2,9-20H2,1,3-8H3/t22-,23+,24+,25-,26+,27-,28+,29+,30-,31-,32+,34-,35+,36+,37+/m0/s1. The summed E-state index contributed by atoms with van der Waals surface area (Å²) in [5.41, 5.74) is 2.66. The van der Waals surface area contributed by atoms with Crippen LogP contribution in [0.3, 0.4) is 0 Å². The van der Waals surface area contributed by atoms with Crippen molar-refractivity contribution in [1.82, 2.24) is 0 Å². The highest BCUT2D eigenvalue weighted by molar-refractivity contribution is 5.21. The second kappa shape index (κ2) is 10.8. The van der Waals surface area contributed by atoms with Crippen LogP contribution in [0.25, 0.3) is 0 Å². The lowest BCUT2D eigenvalue weighted by atomic mass is 9.32. The molecule has 0 radical (unpaired) electrons. The summed E-state index contributed by atoms with van der Waals surface area (Å²) in [5, 5.41) is 41.1. The van der Waals surface area contributed by atoms with Crippen molar-refractivity contribution in [3.05, 3.63) is 12.2 Å². The van der Waals surface area contributed by atoms with E-state index < -0.39 is 37.3 Å². The summed E-state index contributed by atoms with van der Waals surface area (Å²) in [4.78, 5) is 0. The molecular formula is C37H62O6. The van der Waals surface area contributed by atoms with Crippen molar-refractivity contribution in [1.29, 1.82) is 0 Å². The zero-order chi connectivity index (χ0) is 31.3. The van der Waals surface area contributed by atoms with Gasteiger partial charge in [-0.3, -0.25) is 0 Å². The van der Waals surface area contributed by atoms with Gasteiger partial charge in [-0.15, -0.1) is 0 Å². The highest BCUT2D eigenvalue weighted by Crippen LogP contribution is 2.78. The number of rotatable bonds is 5. The van der Waals surface area contributed by atoms with Crippen LogP contribution in [-0.2, 0) is 9.47 Å². The molecule has 1 aliphatic heterocycles. The highest BCUT2D eigenvalue weighted by Gasteiger charge is 2.70. The van der Waals surface area contributed by atoms with E-state index in [4.69, 9.17) is 9.47 Å². The summed E-state index contributed by atoms with van der Waals surface area (Å²) < 4.78 is 12.3. The average Bonchev–Trinajstić information content (AvgIpc) is 3.35. The molecule has 6 aliphatic rings. The Labute approximate surface area is 261 Å². The summed E-state index contributed by atoms with van der Waals surface area (Å²) in [6.45, 7) is 21.5. The maximum absolute atomic E-state index is 10.7. The second-order valence-electron chi connectivity index (χ2n) is 17.6. The number of hydrogen-bond donors (Lipinski definition) is 4. The van der Waals surface area contributed by atoms with E-state index in [1.807, 2.05) is 0 Å². The van der Waals surface area contributed by atoms with Crippen LogP contribution in [0, 0.1) is 56.7 Å². The SMILES string of the molecule is C=C(C)[C@@H]1CC[C@]2(CC)CC[C@]3(C)[C@H](CC[C@@H]4[C@@]5(C)CC[C@H](O[C@H]6O[C@H](CO)[C@@H](O)[C@H](O)[C@@H]6O)C(C)(C)[C@@H]5CC[C@]43C)[C@@H]12. The van der Waals surface area contributed by atoms with Gasteiger partial charge in [0.2, 0.25) is 0 Å². The molecule has 5 saturated carbocycles. The van der Waals surface area contributed by atoms with Crippen LogP contribution >= 0.6 is 0 Å². The van der Waals surface area contributed by atoms with Gasteiger partial charge in [0.1, 0.15) is 24.4 Å². The molecule has 0 amide bonds. The molecule has 6 rings (SSSR count). The predicted octanol–water partition coefficient (Wildman–Crippen LogP) is 6.24. The lowest BCUT2D eigenvalue weighted by Crippen LogP contribution is -2.67. The Bertz CT molecular complexity index is 1070. The lowest BCUT2D eigenvalue weighted by Gasteiger charge is -2.73. The molecule has 1 heterocycles. The second-order valence-corrected chi connectivity index (χ2v) is 17.6. The Morgan fingerprint density at radius 1 is 0.814 bits per heavy atom. The van der Waals surface area contributed by atoms with Gasteiger partial charge in [0.15, 0.2) is 6.29 Å². The van der Waals surface area contributed by atoms with E-state index in [1.165, 1.54) is 63.4 Å². The third-order valence-corrected chi connectivity index (χ3v) is 16.0. The molecule has 1 saturated heterocycles. The van der Waals surface area contributed by atoms with Gasteiger partial charge in [0, 0.05) is 0 Å². The molecule has 4 N–H and O–H groups in total. The zero-order valence-corrected chi connectivity index (χ0v) is 28.1. The third-order valence-electron chi connectivity index (χ3n) is 16.0. The quantitative estimate of drug-likeness (QED) is 0.220. The summed E-state index contributed by atoms with van der Waals surface area (Å²) in [7, 11) is 0. The summed E-state index contributed by atoms with van der Waals surface area (Å²) >= 11 is 0. The third kappa shape index (κ3) is 4.39. The van der Waals surface area contributed by atoms with E-state index in [0.717, 1.165) is 24.7 Å². The Morgan fingerprint density at radius 2 is 1.53 bits per heavy atom. The molecule has 43 heavy (non-hydrogen) atoms. The average molecular weight is 603 g/mol. The first kappa shape index (κ1) is 32.4. The molecule has 0 spiro atoms. The minimum absolute atomic E-state index is 0.141. The van der Waals surface area contributed by atoms with Gasteiger partial charge in [0.25, 0.3) is 0 Å². The highest BCUT2D eigenvalue weighted by atomic mass is 16.7. The van der Waals surface area contributed by atoms with E-state index in [1.54, 1.807) is 0 Å². The van der Waals surface area contributed by atoms with Gasteiger partial charge in [-0.2, -0.15) is 0 Å². The monoisotopic (exact) mass is 602 g/mol. The molecule has 0 unspecified atom stereocenters. The van der Waals surface area contributed by atoms with Crippen molar-refractivity contribution >= 4 is 0 Å². The number of aliphatic hydroxyl groups is 4. The van der Waals surface area contributed by atoms with E-state index >= 15 is 0 Å². The van der Waals surface area contributed by atoms with Crippen molar-refractivity contribution in [2.75, 3.05) is 6.61 Å². The van der Waals surface area contributed by atoms with E-state index in [2.05, 4.69) is 55.0 Å². The molecule has 0 aromatic heterocycles. The molecule has 6 heteroatoms. The molecule has 0 bridgehead atoms. The molecule has 5 aliphatic carbocycles. The largest absolute Gasteiger partial charge is 0.394 e. The summed E-state index contributed by atoms with van der Waals surface area (Å²) in [6, 6.07) is 0. The van der Waals surface area contributed by atoms with Gasteiger partial charge < -0.3 is 29.9 Å². The van der Waals surface area contributed by atoms with Crippen molar-refractivity contribution in [3.8, 4) is 0 Å². The van der Waals surface area contributed by atoms with Crippen LogP contribution in [0.15, 0.2) is 12.2 Å². The van der Waals surface area contributed by atoms with Crippen molar-refractivity contribution < 1.29 is 29.9 Å². The minimum atomic E-state index is -1.41. The lowest BCUT2D eigenvalue weighted by molar-refractivity contribution is -0.331. The Hall–Kier alpha value is -0.500. The van der Waals surface area contributed by atoms with Gasteiger partial charge in [-0.05, 0) is 128 Å². The molecule has 6 fully saturated rings. The molecular weight excluding hydrogens is 540 g/mol. The van der Waals surface area contributed by atoms with Crippen LogP contribution < -0.4 is 0 Å². The number of hydrogen-bond acceptors (Lipinski definition) is 6. The maximum Gasteiger partial charge on any atom is 0.186 e. The normalized spacial score (nSPS) is 55.9. The van der Waals surface area contributed by atoms with E-state index in [9.17, 15) is 20.4 Å². The Morgan fingerprint density at radius 3 is 2.19 bits per heavy atom. The number of allylic oxidation sites excluding steroid dienone is 1. The minimum Gasteiger partial charge on any atom is -0.394 e. The molecule has 6 nitrogen and oxygen atoms in total. The first-order chi connectivity index (χ1) is 20.1. The first-order valence-corrected chi connectivity index (χ1v) is 17.7. The van der Waals surface area contributed by atoms with Crippen LogP contribution in [-0.4, -0.2) is 63.8 Å². The van der Waals surface area contributed by atoms with Crippen LogP contribution in [0.1, 0.15) is 119 Å². The molecule has 246 valence electrons. The van der Waals surface area contributed by atoms with Crippen molar-refractivity contribution in [2.45, 2.75) is 156 Å². The molecule has 0 aromatic carbocycles. The summed E-state index contributed by atoms with van der Waals surface area (Å²) in [5.74, 6) is 3.41. The van der Waals surface area contributed by atoms with E-state index in [0.29, 0.717) is 34.0 Å². The number of aliphatic hydroxyl groups excluding tert-OH is 4. The number of ether oxygens (including phenoxy) is 2. The van der Waals surface area contributed by atoms with Crippen LogP contribution in [0.2, 0.25) is 0 Å². The first-order valence-electron chi connectivity index (χ1n) is 17.7. The van der Waals surface area contributed by atoms with Crippen LogP contribution in [0.5, 0.6) is 0 Å². The fourth-order valence-corrected chi connectivity index (χ4v) is 13.4. The topological polar surface area (TPSA) is 99.4 Å². The van der Waals surface area contributed by atoms with Gasteiger partial charge >= 0.3 is 0 Å². The van der Waals surface area contributed by atoms with Crippen LogP contribution in [0.4, 0.5) is 0 Å². The predicted molar refractivity (Wildman–Crippen MR) is 168 cm³/mol. The van der Waals surface area contributed by atoms with Gasteiger partial charge in [0.05, 0.1) is 12.7 Å². The smallest absolute Gasteiger partial charge is 0.186 e. The Kier molecular flexibility index (Phi) is 8.13. The zero-order valence-electron chi connectivity index (χ0n) is 28.1.